The Hall–Kier alpha value is -0.120. The molecule has 0 saturated carbocycles. The maximum Gasteiger partial charge on any atom is 0.0645 e. The zero-order valence-electron chi connectivity index (χ0n) is 17.6. The summed E-state index contributed by atoms with van der Waals surface area (Å²) in [4.78, 5) is 5.02. The number of rotatable bonds is 1. The van der Waals surface area contributed by atoms with E-state index in [0.29, 0.717) is 5.41 Å². The molecule has 3 fully saturated rings. The van der Waals surface area contributed by atoms with Crippen LogP contribution in [0, 0.1) is 17.3 Å². The SMILES string of the molecule is CC.CC(C)(C)C1CCN(C2COC2)CC1.CC1CCN(C)CC1. The van der Waals surface area contributed by atoms with E-state index in [-0.39, 0.29) is 0 Å². The number of nitrogens with zero attached hydrogens (tertiary/aromatic N) is 2. The number of likely N-dealkylation sites (tertiary alicyclic amines) is 2. The fourth-order valence-corrected chi connectivity index (χ4v) is 3.70. The molecule has 0 aliphatic carbocycles. The molecule has 3 aliphatic rings. The maximum atomic E-state index is 5.24. The van der Waals surface area contributed by atoms with Crippen molar-refractivity contribution in [2.24, 2.45) is 17.3 Å². The van der Waals surface area contributed by atoms with Gasteiger partial charge in [0.15, 0.2) is 0 Å². The summed E-state index contributed by atoms with van der Waals surface area (Å²) in [5, 5.41) is 0. The Morgan fingerprint density at radius 3 is 1.67 bits per heavy atom. The second-order valence-corrected chi connectivity index (χ2v) is 8.85. The van der Waals surface area contributed by atoms with Gasteiger partial charge < -0.3 is 9.64 Å². The molecule has 3 nitrogen and oxygen atoms in total. The molecule has 0 N–H and O–H groups in total. The Bertz CT molecular complexity index is 296. The first-order chi connectivity index (χ1) is 11.4. The molecule has 0 spiro atoms. The second-order valence-electron chi connectivity index (χ2n) is 8.85. The number of ether oxygens (including phenoxy) is 1. The fourth-order valence-electron chi connectivity index (χ4n) is 3.70. The third kappa shape index (κ3) is 7.41. The van der Waals surface area contributed by atoms with Gasteiger partial charge in [-0.15, -0.1) is 0 Å². The fraction of sp³-hybridized carbons (Fsp3) is 1.00. The Balaban J connectivity index is 0.000000245. The zero-order valence-corrected chi connectivity index (χ0v) is 17.6. The van der Waals surface area contributed by atoms with Gasteiger partial charge in [0.2, 0.25) is 0 Å². The Morgan fingerprint density at radius 2 is 1.33 bits per heavy atom. The van der Waals surface area contributed by atoms with Crippen LogP contribution < -0.4 is 0 Å². The summed E-state index contributed by atoms with van der Waals surface area (Å²) < 4.78 is 5.24. The molecule has 0 aromatic carbocycles. The minimum Gasteiger partial charge on any atom is -0.378 e. The van der Waals surface area contributed by atoms with Crippen molar-refractivity contribution in [1.29, 1.82) is 0 Å². The van der Waals surface area contributed by atoms with Crippen LogP contribution in [0.15, 0.2) is 0 Å². The first kappa shape index (κ1) is 21.9. The topological polar surface area (TPSA) is 15.7 Å². The summed E-state index contributed by atoms with van der Waals surface area (Å²) in [6.07, 6.45) is 5.55. The summed E-state index contributed by atoms with van der Waals surface area (Å²) in [5.74, 6) is 1.89. The molecular formula is C21H44N2O. The molecule has 0 amide bonds. The van der Waals surface area contributed by atoms with Crippen LogP contribution in [0.25, 0.3) is 0 Å². The van der Waals surface area contributed by atoms with Crippen molar-refractivity contribution in [3.63, 3.8) is 0 Å². The summed E-state index contributed by atoms with van der Waals surface area (Å²) in [7, 11) is 2.20. The van der Waals surface area contributed by atoms with Crippen LogP contribution in [-0.2, 0) is 4.74 Å². The molecule has 0 bridgehead atoms. The van der Waals surface area contributed by atoms with E-state index in [4.69, 9.17) is 4.74 Å². The molecule has 0 radical (unpaired) electrons. The predicted molar refractivity (Wildman–Crippen MR) is 106 cm³/mol. The highest BCUT2D eigenvalue weighted by molar-refractivity contribution is 4.85. The van der Waals surface area contributed by atoms with Gasteiger partial charge in [-0.1, -0.05) is 41.5 Å². The molecule has 0 unspecified atom stereocenters. The van der Waals surface area contributed by atoms with Gasteiger partial charge in [-0.05, 0) is 76.2 Å². The van der Waals surface area contributed by atoms with Crippen LogP contribution in [0.1, 0.15) is 67.2 Å². The zero-order chi connectivity index (χ0) is 18.2. The lowest BCUT2D eigenvalue weighted by atomic mass is 9.75. The van der Waals surface area contributed by atoms with Crippen molar-refractivity contribution < 1.29 is 4.74 Å². The molecular weight excluding hydrogens is 296 g/mol. The number of piperidine rings is 2. The molecule has 3 aliphatic heterocycles. The van der Waals surface area contributed by atoms with Crippen LogP contribution in [0.3, 0.4) is 0 Å². The Kier molecular flexibility index (Phi) is 9.84. The van der Waals surface area contributed by atoms with Gasteiger partial charge >= 0.3 is 0 Å². The average Bonchev–Trinajstić information content (AvgIpc) is 2.51. The second kappa shape index (κ2) is 10.8. The van der Waals surface area contributed by atoms with Crippen LogP contribution in [0.2, 0.25) is 0 Å². The van der Waals surface area contributed by atoms with E-state index in [1.54, 1.807) is 0 Å². The van der Waals surface area contributed by atoms with Crippen LogP contribution in [-0.4, -0.2) is 62.3 Å². The van der Waals surface area contributed by atoms with Crippen molar-refractivity contribution in [1.82, 2.24) is 9.80 Å². The van der Waals surface area contributed by atoms with Gasteiger partial charge in [0.1, 0.15) is 0 Å². The smallest absolute Gasteiger partial charge is 0.0645 e. The quantitative estimate of drug-likeness (QED) is 0.698. The van der Waals surface area contributed by atoms with E-state index in [9.17, 15) is 0 Å². The van der Waals surface area contributed by atoms with Gasteiger partial charge in [-0.3, -0.25) is 4.90 Å². The third-order valence-corrected chi connectivity index (χ3v) is 5.90. The predicted octanol–water partition coefficient (Wildman–Crippen LogP) is 4.52. The maximum absolute atomic E-state index is 5.24. The van der Waals surface area contributed by atoms with E-state index in [0.717, 1.165) is 31.1 Å². The van der Waals surface area contributed by atoms with E-state index < -0.39 is 0 Å². The van der Waals surface area contributed by atoms with Crippen LogP contribution in [0.4, 0.5) is 0 Å². The van der Waals surface area contributed by atoms with Gasteiger partial charge in [0, 0.05) is 0 Å². The molecule has 3 heterocycles. The summed E-state index contributed by atoms with van der Waals surface area (Å²) in [6, 6.07) is 0.746. The molecule has 3 rings (SSSR count). The van der Waals surface area contributed by atoms with Crippen LogP contribution in [0.5, 0.6) is 0 Å². The van der Waals surface area contributed by atoms with Gasteiger partial charge in [0.05, 0.1) is 19.3 Å². The first-order valence-electron chi connectivity index (χ1n) is 10.4. The first-order valence-corrected chi connectivity index (χ1v) is 10.4. The third-order valence-electron chi connectivity index (χ3n) is 5.90. The monoisotopic (exact) mass is 340 g/mol. The Morgan fingerprint density at radius 1 is 0.833 bits per heavy atom. The Labute approximate surface area is 152 Å². The lowest BCUT2D eigenvalue weighted by Crippen LogP contribution is -2.52. The summed E-state index contributed by atoms with van der Waals surface area (Å²) in [6.45, 7) is 20.6. The van der Waals surface area contributed by atoms with Crippen molar-refractivity contribution in [2.45, 2.75) is 73.3 Å². The van der Waals surface area contributed by atoms with Gasteiger partial charge in [-0.25, -0.2) is 0 Å². The van der Waals surface area contributed by atoms with E-state index in [1.165, 1.54) is 51.9 Å². The highest BCUT2D eigenvalue weighted by Crippen LogP contribution is 2.35. The van der Waals surface area contributed by atoms with E-state index in [2.05, 4.69) is 44.5 Å². The normalized spacial score (nSPS) is 25.1. The molecule has 0 aromatic heterocycles. The minimum absolute atomic E-state index is 0.502. The molecule has 0 aromatic rings. The largest absolute Gasteiger partial charge is 0.378 e. The van der Waals surface area contributed by atoms with E-state index in [1.807, 2.05) is 13.8 Å². The van der Waals surface area contributed by atoms with Gasteiger partial charge in [-0.2, -0.15) is 0 Å². The van der Waals surface area contributed by atoms with Crippen LogP contribution >= 0.6 is 0 Å². The highest BCUT2D eigenvalue weighted by atomic mass is 16.5. The summed E-state index contributed by atoms with van der Waals surface area (Å²) in [5.41, 5.74) is 0.502. The van der Waals surface area contributed by atoms with Crippen molar-refractivity contribution >= 4 is 0 Å². The van der Waals surface area contributed by atoms with Gasteiger partial charge in [0.25, 0.3) is 0 Å². The molecule has 3 saturated heterocycles. The average molecular weight is 341 g/mol. The lowest BCUT2D eigenvalue weighted by molar-refractivity contribution is -0.0780. The minimum atomic E-state index is 0.502. The number of hydrogen-bond donors (Lipinski definition) is 0. The molecule has 3 heteroatoms. The summed E-state index contributed by atoms with van der Waals surface area (Å²) >= 11 is 0. The van der Waals surface area contributed by atoms with E-state index >= 15 is 0 Å². The molecule has 144 valence electrons. The van der Waals surface area contributed by atoms with Crippen molar-refractivity contribution in [3.05, 3.63) is 0 Å². The molecule has 0 atom stereocenters. The van der Waals surface area contributed by atoms with Crippen molar-refractivity contribution in [2.75, 3.05) is 46.4 Å². The standard InChI is InChI=1S/C12H23NO.C7H15N.C2H6/c1-12(2,3)10-4-6-13(7-5-10)11-8-14-9-11;1-7-3-5-8(2)6-4-7;1-2/h10-11H,4-9H2,1-3H3;7H,3-6H2,1-2H3;1-2H3. The lowest BCUT2D eigenvalue weighted by Gasteiger charge is -2.44. The molecule has 24 heavy (non-hydrogen) atoms. The highest BCUT2D eigenvalue weighted by Gasteiger charge is 2.33. The van der Waals surface area contributed by atoms with Crippen molar-refractivity contribution in [3.8, 4) is 0 Å². The number of hydrogen-bond acceptors (Lipinski definition) is 3.